The van der Waals surface area contributed by atoms with Crippen molar-refractivity contribution in [1.29, 1.82) is 0 Å². The van der Waals surface area contributed by atoms with Gasteiger partial charge >= 0.3 is 0 Å². The van der Waals surface area contributed by atoms with Crippen molar-refractivity contribution in [1.82, 2.24) is 0 Å². The summed E-state index contributed by atoms with van der Waals surface area (Å²) in [5, 5.41) is 1.17. The molecule has 1 rings (SSSR count). The Balaban J connectivity index is 2.89. The second kappa shape index (κ2) is 4.63. The Hall–Kier alpha value is -0.0800. The first kappa shape index (κ1) is 12.0. The van der Waals surface area contributed by atoms with Crippen LogP contribution >= 0.6 is 23.2 Å². The zero-order chi connectivity index (χ0) is 10.9. The maximum Gasteiger partial charge on any atom is 0.126 e. The topological polar surface area (TPSA) is 24.7 Å². The van der Waals surface area contributed by atoms with Crippen molar-refractivity contribution >= 4 is 33.5 Å². The average Bonchev–Trinajstić information content (AvgIpc) is 2.07. The predicted octanol–water partition coefficient (Wildman–Crippen LogP) is 3.32. The van der Waals surface area contributed by atoms with Crippen LogP contribution in [0.15, 0.2) is 9.98 Å². The molecule has 0 radical (unpaired) electrons. The molecule has 2 atom stereocenters. The monoisotopic (exact) mass is 234 g/mol. The largest absolute Gasteiger partial charge is 0.264 e. The first-order valence-electron chi connectivity index (χ1n) is 4.89. The van der Waals surface area contributed by atoms with Crippen molar-refractivity contribution in [2.75, 3.05) is 0 Å². The molecule has 2 nitrogen and oxygen atoms in total. The Morgan fingerprint density at radius 3 is 1.36 bits per heavy atom. The number of halogens is 2. The molecule has 0 bridgehead atoms. The molecule has 0 aliphatic carbocycles. The third kappa shape index (κ3) is 2.48. The Kier molecular flexibility index (Phi) is 3.96. The van der Waals surface area contributed by atoms with Crippen LogP contribution in [0.25, 0.3) is 0 Å². The van der Waals surface area contributed by atoms with E-state index >= 15 is 0 Å². The molecule has 0 saturated carbocycles. The van der Waals surface area contributed by atoms with E-state index in [9.17, 15) is 0 Å². The summed E-state index contributed by atoms with van der Waals surface area (Å²) in [6, 6.07) is -0.113. The first-order valence-corrected chi connectivity index (χ1v) is 5.65. The summed E-state index contributed by atoms with van der Waals surface area (Å²) in [7, 11) is 0. The van der Waals surface area contributed by atoms with E-state index in [1.807, 2.05) is 0 Å². The lowest BCUT2D eigenvalue weighted by atomic mass is 10.0. The Morgan fingerprint density at radius 2 is 1.14 bits per heavy atom. The smallest absolute Gasteiger partial charge is 0.126 e. The molecule has 4 heteroatoms. The van der Waals surface area contributed by atoms with Crippen molar-refractivity contribution in [3.05, 3.63) is 0 Å². The molecule has 0 spiro atoms. The van der Waals surface area contributed by atoms with Crippen LogP contribution in [0, 0.1) is 11.8 Å². The second-order valence-corrected chi connectivity index (χ2v) is 5.06. The van der Waals surface area contributed by atoms with Crippen LogP contribution in [0.1, 0.15) is 27.7 Å². The van der Waals surface area contributed by atoms with E-state index in [2.05, 4.69) is 37.7 Å². The molecule has 0 aromatic rings. The molecular formula is C10H16Cl2N2. The fraction of sp³-hybridized carbons (Fsp3) is 0.800. The van der Waals surface area contributed by atoms with Gasteiger partial charge in [0.25, 0.3) is 0 Å². The number of hydrogen-bond acceptors (Lipinski definition) is 2. The summed E-state index contributed by atoms with van der Waals surface area (Å²) in [5.41, 5.74) is 0. The highest BCUT2D eigenvalue weighted by Crippen LogP contribution is 2.23. The Morgan fingerprint density at radius 1 is 0.857 bits per heavy atom. The molecule has 0 amide bonds. The molecule has 0 fully saturated rings. The van der Waals surface area contributed by atoms with E-state index < -0.39 is 0 Å². The van der Waals surface area contributed by atoms with Gasteiger partial charge in [-0.3, -0.25) is 9.98 Å². The van der Waals surface area contributed by atoms with Crippen molar-refractivity contribution < 1.29 is 0 Å². The highest BCUT2D eigenvalue weighted by Gasteiger charge is 2.28. The van der Waals surface area contributed by atoms with Crippen molar-refractivity contribution in [3.8, 4) is 0 Å². The van der Waals surface area contributed by atoms with Crippen LogP contribution in [0.5, 0.6) is 0 Å². The summed E-state index contributed by atoms with van der Waals surface area (Å²) >= 11 is 12.1. The van der Waals surface area contributed by atoms with Crippen molar-refractivity contribution in [2.45, 2.75) is 39.8 Å². The third-order valence-electron chi connectivity index (χ3n) is 2.28. The van der Waals surface area contributed by atoms with Crippen LogP contribution in [0.2, 0.25) is 0 Å². The number of rotatable bonds is 2. The van der Waals surface area contributed by atoms with Gasteiger partial charge in [-0.25, -0.2) is 0 Å². The standard InChI is InChI=1S/C10H16Cl2N2/c1-5(2)7-9(11)14-8(6(3)4)10(12)13-7/h5-8H,1-4H3. The predicted molar refractivity (Wildman–Crippen MR) is 63.8 cm³/mol. The van der Waals surface area contributed by atoms with Gasteiger partial charge in [-0.05, 0) is 11.8 Å². The average molecular weight is 235 g/mol. The molecule has 1 aliphatic heterocycles. The number of nitrogens with zero attached hydrogens (tertiary/aromatic N) is 2. The molecule has 0 aromatic heterocycles. The molecule has 14 heavy (non-hydrogen) atoms. The summed E-state index contributed by atoms with van der Waals surface area (Å²) in [5.74, 6) is 0.682. The van der Waals surface area contributed by atoms with Crippen LogP contribution in [-0.2, 0) is 0 Å². The maximum absolute atomic E-state index is 6.07. The van der Waals surface area contributed by atoms with E-state index in [1.54, 1.807) is 0 Å². The molecule has 0 saturated heterocycles. The van der Waals surface area contributed by atoms with Gasteiger partial charge in [-0.15, -0.1) is 0 Å². The minimum atomic E-state index is -0.0563. The van der Waals surface area contributed by atoms with Crippen LogP contribution in [0.4, 0.5) is 0 Å². The summed E-state index contributed by atoms with van der Waals surface area (Å²) in [6.45, 7) is 8.25. The molecular weight excluding hydrogens is 219 g/mol. The number of aliphatic imine (C=N–C) groups is 2. The lowest BCUT2D eigenvalue weighted by molar-refractivity contribution is 0.554. The lowest BCUT2D eigenvalue weighted by Crippen LogP contribution is -2.33. The van der Waals surface area contributed by atoms with E-state index in [0.717, 1.165) is 0 Å². The molecule has 0 aromatic carbocycles. The van der Waals surface area contributed by atoms with E-state index in [1.165, 1.54) is 0 Å². The van der Waals surface area contributed by atoms with Gasteiger partial charge in [0.2, 0.25) is 0 Å². The van der Waals surface area contributed by atoms with Gasteiger partial charge < -0.3 is 0 Å². The highest BCUT2D eigenvalue weighted by molar-refractivity contribution is 6.70. The molecule has 0 N–H and O–H groups in total. The zero-order valence-corrected chi connectivity index (χ0v) is 10.5. The van der Waals surface area contributed by atoms with Gasteiger partial charge in [0.15, 0.2) is 0 Å². The van der Waals surface area contributed by atoms with Gasteiger partial charge in [0.1, 0.15) is 22.4 Å². The highest BCUT2D eigenvalue weighted by atomic mass is 35.5. The Labute approximate surface area is 95.4 Å². The minimum absolute atomic E-state index is 0.0563. The zero-order valence-electron chi connectivity index (χ0n) is 8.96. The fourth-order valence-electron chi connectivity index (χ4n) is 1.37. The van der Waals surface area contributed by atoms with Gasteiger partial charge in [0.05, 0.1) is 0 Å². The number of hydrogen-bond donors (Lipinski definition) is 0. The minimum Gasteiger partial charge on any atom is -0.264 e. The SMILES string of the molecule is CC(C)C1N=C(Cl)C(C(C)C)N=C1Cl. The van der Waals surface area contributed by atoms with Crippen LogP contribution in [0.3, 0.4) is 0 Å². The molecule has 1 heterocycles. The second-order valence-electron chi connectivity index (χ2n) is 4.28. The summed E-state index contributed by atoms with van der Waals surface area (Å²) in [4.78, 5) is 8.77. The first-order chi connectivity index (χ1) is 6.43. The van der Waals surface area contributed by atoms with Gasteiger partial charge in [-0.1, -0.05) is 50.9 Å². The quantitative estimate of drug-likeness (QED) is 0.701. The third-order valence-corrected chi connectivity index (χ3v) is 2.92. The van der Waals surface area contributed by atoms with Crippen molar-refractivity contribution in [2.24, 2.45) is 21.8 Å². The van der Waals surface area contributed by atoms with Crippen molar-refractivity contribution in [3.63, 3.8) is 0 Å². The maximum atomic E-state index is 6.07. The van der Waals surface area contributed by atoms with Crippen LogP contribution in [-0.4, -0.2) is 22.4 Å². The normalized spacial score (nSPS) is 28.0. The van der Waals surface area contributed by atoms with Gasteiger partial charge in [-0.2, -0.15) is 0 Å². The lowest BCUT2D eigenvalue weighted by Gasteiger charge is -2.25. The summed E-state index contributed by atoms with van der Waals surface area (Å²) in [6.07, 6.45) is 0. The van der Waals surface area contributed by atoms with E-state index in [0.29, 0.717) is 22.2 Å². The Bertz CT molecular complexity index is 241. The van der Waals surface area contributed by atoms with E-state index in [4.69, 9.17) is 23.2 Å². The fourth-order valence-corrected chi connectivity index (χ4v) is 2.19. The summed E-state index contributed by atoms with van der Waals surface area (Å²) < 4.78 is 0. The molecule has 2 unspecified atom stereocenters. The van der Waals surface area contributed by atoms with Crippen LogP contribution < -0.4 is 0 Å². The van der Waals surface area contributed by atoms with Gasteiger partial charge in [0, 0.05) is 0 Å². The molecule has 1 aliphatic rings. The van der Waals surface area contributed by atoms with E-state index in [-0.39, 0.29) is 12.1 Å². The molecule has 80 valence electrons.